The molecule has 0 amide bonds. The van der Waals surface area contributed by atoms with Crippen molar-refractivity contribution in [3.8, 4) is 0 Å². The molecule has 1 N–H and O–H groups in total. The molecular formula is C12H18N2. The Morgan fingerprint density at radius 3 is 2.64 bits per heavy atom. The molecule has 0 atom stereocenters. The predicted octanol–water partition coefficient (Wildman–Crippen LogP) is 3.35. The normalized spacial score (nSPS) is 12.4. The number of benzene rings is 1. The van der Waals surface area contributed by atoms with E-state index in [2.05, 4.69) is 42.4 Å². The van der Waals surface area contributed by atoms with E-state index in [1.807, 2.05) is 26.2 Å². The molecule has 0 unspecified atom stereocenters. The number of aryl methyl sites for hydroxylation is 1. The van der Waals surface area contributed by atoms with Crippen molar-refractivity contribution in [1.82, 2.24) is 0 Å². The maximum Gasteiger partial charge on any atom is 0.0645 e. The first-order valence-corrected chi connectivity index (χ1v) is 5.04. The summed E-state index contributed by atoms with van der Waals surface area (Å²) in [5.74, 6) is 0. The zero-order valence-corrected chi connectivity index (χ0v) is 9.33. The van der Waals surface area contributed by atoms with Crippen molar-refractivity contribution in [1.29, 1.82) is 0 Å². The molecule has 1 heterocycles. The van der Waals surface area contributed by atoms with Crippen molar-refractivity contribution in [2.24, 2.45) is 0 Å². The molecule has 0 radical (unpaired) electrons. The third kappa shape index (κ3) is 2.08. The fraction of sp³-hybridized carbons (Fsp3) is 0.333. The van der Waals surface area contributed by atoms with Gasteiger partial charge in [-0.1, -0.05) is 19.9 Å². The van der Waals surface area contributed by atoms with Crippen LogP contribution in [0.25, 0.3) is 0 Å². The Hall–Kier alpha value is -1.44. The first-order valence-electron chi connectivity index (χ1n) is 5.04. The minimum atomic E-state index is 1.17. The van der Waals surface area contributed by atoms with Crippen molar-refractivity contribution >= 4 is 11.4 Å². The third-order valence-corrected chi connectivity index (χ3v) is 2.07. The van der Waals surface area contributed by atoms with Crippen LogP contribution in [-0.2, 0) is 0 Å². The van der Waals surface area contributed by atoms with Gasteiger partial charge in [0.1, 0.15) is 0 Å². The molecule has 0 aliphatic carbocycles. The van der Waals surface area contributed by atoms with Crippen LogP contribution >= 0.6 is 0 Å². The number of anilines is 2. The summed E-state index contributed by atoms with van der Waals surface area (Å²) in [4.78, 5) is 2.11. The Morgan fingerprint density at radius 2 is 1.93 bits per heavy atom. The first kappa shape index (κ1) is 10.6. The number of hydrogen-bond acceptors (Lipinski definition) is 2. The number of fused-ring (bicyclic) bond motifs is 1. The highest BCUT2D eigenvalue weighted by Gasteiger charge is 2.07. The molecular weight excluding hydrogens is 172 g/mol. The standard InChI is InChI=1S/C10H12N2.C2H6/c1-8-3-4-9-10(7-8)12(2)6-5-11-9;1-2/h3-7,11H,1-2H3;1-2H3. The van der Waals surface area contributed by atoms with E-state index < -0.39 is 0 Å². The van der Waals surface area contributed by atoms with E-state index in [1.54, 1.807) is 0 Å². The lowest BCUT2D eigenvalue weighted by Crippen LogP contribution is -2.14. The molecule has 0 spiro atoms. The summed E-state index contributed by atoms with van der Waals surface area (Å²) >= 11 is 0. The van der Waals surface area contributed by atoms with E-state index >= 15 is 0 Å². The van der Waals surface area contributed by atoms with E-state index in [0.717, 1.165) is 0 Å². The van der Waals surface area contributed by atoms with Crippen molar-refractivity contribution in [3.05, 3.63) is 36.2 Å². The van der Waals surface area contributed by atoms with Gasteiger partial charge in [0.15, 0.2) is 0 Å². The van der Waals surface area contributed by atoms with Gasteiger partial charge in [-0.15, -0.1) is 0 Å². The van der Waals surface area contributed by atoms with E-state index in [9.17, 15) is 0 Å². The van der Waals surface area contributed by atoms with Gasteiger partial charge in [-0.25, -0.2) is 0 Å². The van der Waals surface area contributed by atoms with Gasteiger partial charge >= 0.3 is 0 Å². The van der Waals surface area contributed by atoms with Gasteiger partial charge in [0.05, 0.1) is 11.4 Å². The maximum absolute atomic E-state index is 3.20. The molecule has 0 aromatic heterocycles. The molecule has 0 fully saturated rings. The Labute approximate surface area is 86.2 Å². The summed E-state index contributed by atoms with van der Waals surface area (Å²) < 4.78 is 0. The number of nitrogens with one attached hydrogen (secondary N) is 1. The highest BCUT2D eigenvalue weighted by atomic mass is 15.1. The van der Waals surface area contributed by atoms with Gasteiger partial charge in [-0.05, 0) is 24.6 Å². The molecule has 14 heavy (non-hydrogen) atoms. The van der Waals surface area contributed by atoms with Gasteiger partial charge in [0.25, 0.3) is 0 Å². The summed E-state index contributed by atoms with van der Waals surface area (Å²) in [6, 6.07) is 6.38. The van der Waals surface area contributed by atoms with Crippen molar-refractivity contribution in [2.75, 3.05) is 17.3 Å². The zero-order chi connectivity index (χ0) is 10.6. The Morgan fingerprint density at radius 1 is 1.21 bits per heavy atom. The van der Waals surface area contributed by atoms with Gasteiger partial charge in [0, 0.05) is 19.4 Å². The summed E-state index contributed by atoms with van der Waals surface area (Å²) in [6.07, 6.45) is 3.96. The van der Waals surface area contributed by atoms with Gasteiger partial charge in [0.2, 0.25) is 0 Å². The van der Waals surface area contributed by atoms with Crippen LogP contribution in [0.3, 0.4) is 0 Å². The van der Waals surface area contributed by atoms with Crippen molar-refractivity contribution in [3.63, 3.8) is 0 Å². The van der Waals surface area contributed by atoms with Crippen LogP contribution in [-0.4, -0.2) is 7.05 Å². The van der Waals surface area contributed by atoms with Crippen LogP contribution in [0.2, 0.25) is 0 Å². The molecule has 76 valence electrons. The molecule has 1 aromatic carbocycles. The molecule has 2 heteroatoms. The second kappa shape index (κ2) is 4.70. The summed E-state index contributed by atoms with van der Waals surface area (Å²) in [6.45, 7) is 6.10. The largest absolute Gasteiger partial charge is 0.359 e. The lowest BCUT2D eigenvalue weighted by Gasteiger charge is -2.23. The Balaban J connectivity index is 0.000000461. The zero-order valence-electron chi connectivity index (χ0n) is 9.33. The quantitative estimate of drug-likeness (QED) is 0.675. The van der Waals surface area contributed by atoms with E-state index in [-0.39, 0.29) is 0 Å². The van der Waals surface area contributed by atoms with Crippen LogP contribution in [0.1, 0.15) is 19.4 Å². The minimum absolute atomic E-state index is 1.17. The van der Waals surface area contributed by atoms with Gasteiger partial charge < -0.3 is 10.2 Å². The van der Waals surface area contributed by atoms with Crippen molar-refractivity contribution < 1.29 is 0 Å². The van der Waals surface area contributed by atoms with Crippen LogP contribution in [0.4, 0.5) is 11.4 Å². The second-order valence-electron chi connectivity index (χ2n) is 3.09. The molecule has 2 rings (SSSR count). The fourth-order valence-corrected chi connectivity index (χ4v) is 1.37. The third-order valence-electron chi connectivity index (χ3n) is 2.07. The van der Waals surface area contributed by atoms with Crippen LogP contribution in [0.15, 0.2) is 30.6 Å². The summed E-state index contributed by atoms with van der Waals surface area (Å²) in [7, 11) is 2.05. The average molecular weight is 190 g/mol. The van der Waals surface area contributed by atoms with E-state index in [1.165, 1.54) is 16.9 Å². The highest BCUT2D eigenvalue weighted by molar-refractivity contribution is 5.74. The van der Waals surface area contributed by atoms with Gasteiger partial charge in [-0.2, -0.15) is 0 Å². The molecule has 1 aromatic rings. The summed E-state index contributed by atoms with van der Waals surface area (Å²) in [5, 5.41) is 3.20. The first-order chi connectivity index (χ1) is 6.77. The number of nitrogens with zero attached hydrogens (tertiary/aromatic N) is 1. The van der Waals surface area contributed by atoms with E-state index in [0.29, 0.717) is 0 Å². The topological polar surface area (TPSA) is 15.3 Å². The predicted molar refractivity (Wildman–Crippen MR) is 63.7 cm³/mol. The van der Waals surface area contributed by atoms with Gasteiger partial charge in [-0.3, -0.25) is 0 Å². The minimum Gasteiger partial charge on any atom is -0.359 e. The monoisotopic (exact) mass is 190 g/mol. The lowest BCUT2D eigenvalue weighted by atomic mass is 10.1. The van der Waals surface area contributed by atoms with Crippen LogP contribution in [0, 0.1) is 6.92 Å². The molecule has 1 aliphatic heterocycles. The molecule has 0 saturated carbocycles. The Kier molecular flexibility index (Phi) is 3.57. The molecule has 2 nitrogen and oxygen atoms in total. The molecule has 1 aliphatic rings. The smallest absolute Gasteiger partial charge is 0.0645 e. The van der Waals surface area contributed by atoms with Crippen LogP contribution in [0.5, 0.6) is 0 Å². The number of rotatable bonds is 0. The maximum atomic E-state index is 3.20. The second-order valence-corrected chi connectivity index (χ2v) is 3.09. The van der Waals surface area contributed by atoms with E-state index in [4.69, 9.17) is 0 Å². The highest BCUT2D eigenvalue weighted by Crippen LogP contribution is 2.28. The van der Waals surface area contributed by atoms with Crippen LogP contribution < -0.4 is 10.2 Å². The fourth-order valence-electron chi connectivity index (χ4n) is 1.37. The van der Waals surface area contributed by atoms with Crippen molar-refractivity contribution in [2.45, 2.75) is 20.8 Å². The average Bonchev–Trinajstić information content (AvgIpc) is 2.22. The summed E-state index contributed by atoms with van der Waals surface area (Å²) in [5.41, 5.74) is 3.70. The Bertz CT molecular complexity index is 329. The molecule has 0 saturated heterocycles. The molecule has 0 bridgehead atoms. The SMILES string of the molecule is CC.Cc1ccc2c(c1)N(C)C=CN2. The lowest BCUT2D eigenvalue weighted by molar-refractivity contribution is 1.17. The number of hydrogen-bond donors (Lipinski definition) is 1.